The van der Waals surface area contributed by atoms with E-state index >= 15 is 0 Å². The molecule has 1 aromatic carbocycles. The van der Waals surface area contributed by atoms with E-state index in [2.05, 4.69) is 31.5 Å². The number of anilines is 2. The van der Waals surface area contributed by atoms with Crippen LogP contribution in [-0.4, -0.2) is 50.2 Å². The SMILES string of the molecule is CCNc1ccc(Br)cc1NC(=O)C1CN(C)CCO1. The molecule has 1 aromatic rings. The summed E-state index contributed by atoms with van der Waals surface area (Å²) in [4.78, 5) is 14.4. The van der Waals surface area contributed by atoms with E-state index in [0.717, 1.165) is 28.9 Å². The normalized spacial score (nSPS) is 19.6. The zero-order valence-corrected chi connectivity index (χ0v) is 13.4. The van der Waals surface area contributed by atoms with Crippen LogP contribution in [0.5, 0.6) is 0 Å². The zero-order chi connectivity index (χ0) is 14.5. The highest BCUT2D eigenvalue weighted by Gasteiger charge is 2.25. The van der Waals surface area contributed by atoms with Gasteiger partial charge in [0.15, 0.2) is 0 Å². The number of hydrogen-bond acceptors (Lipinski definition) is 4. The fourth-order valence-corrected chi connectivity index (χ4v) is 2.48. The van der Waals surface area contributed by atoms with Gasteiger partial charge in [-0.05, 0) is 32.2 Å². The minimum Gasteiger partial charge on any atom is -0.384 e. The lowest BCUT2D eigenvalue weighted by Gasteiger charge is -2.29. The van der Waals surface area contributed by atoms with Crippen LogP contribution in [0.15, 0.2) is 22.7 Å². The number of benzene rings is 1. The molecule has 1 aliphatic rings. The lowest BCUT2D eigenvalue weighted by Crippen LogP contribution is -2.46. The summed E-state index contributed by atoms with van der Waals surface area (Å²) in [6.07, 6.45) is -0.415. The zero-order valence-electron chi connectivity index (χ0n) is 11.8. The molecule has 2 N–H and O–H groups in total. The predicted molar refractivity (Wildman–Crippen MR) is 84.2 cm³/mol. The van der Waals surface area contributed by atoms with Crippen molar-refractivity contribution in [2.45, 2.75) is 13.0 Å². The van der Waals surface area contributed by atoms with Crippen LogP contribution in [0.2, 0.25) is 0 Å². The molecule has 0 bridgehead atoms. The van der Waals surface area contributed by atoms with Gasteiger partial charge in [-0.3, -0.25) is 4.79 Å². The molecule has 20 heavy (non-hydrogen) atoms. The second kappa shape index (κ2) is 7.06. The molecule has 2 rings (SSSR count). The number of nitrogens with one attached hydrogen (secondary N) is 2. The first-order valence-corrected chi connectivity index (χ1v) is 7.54. The van der Waals surface area contributed by atoms with Gasteiger partial charge in [0.2, 0.25) is 0 Å². The van der Waals surface area contributed by atoms with E-state index in [4.69, 9.17) is 4.74 Å². The summed E-state index contributed by atoms with van der Waals surface area (Å²) in [7, 11) is 1.99. The fraction of sp³-hybridized carbons (Fsp3) is 0.500. The number of carbonyl (C=O) groups excluding carboxylic acids is 1. The number of rotatable bonds is 4. The fourth-order valence-electron chi connectivity index (χ4n) is 2.11. The van der Waals surface area contributed by atoms with E-state index < -0.39 is 6.10 Å². The first-order chi connectivity index (χ1) is 9.60. The quantitative estimate of drug-likeness (QED) is 0.881. The minimum atomic E-state index is -0.415. The first kappa shape index (κ1) is 15.3. The van der Waals surface area contributed by atoms with Gasteiger partial charge in [-0.1, -0.05) is 15.9 Å². The van der Waals surface area contributed by atoms with Crippen LogP contribution in [0.4, 0.5) is 11.4 Å². The molecule has 0 spiro atoms. The van der Waals surface area contributed by atoms with Gasteiger partial charge >= 0.3 is 0 Å². The summed E-state index contributed by atoms with van der Waals surface area (Å²) in [5.74, 6) is -0.103. The molecule has 0 aromatic heterocycles. The number of carbonyl (C=O) groups is 1. The van der Waals surface area contributed by atoms with Crippen molar-refractivity contribution >= 4 is 33.2 Å². The molecular formula is C14H20BrN3O2. The lowest BCUT2D eigenvalue weighted by molar-refractivity contribution is -0.132. The Labute approximate surface area is 127 Å². The van der Waals surface area contributed by atoms with Gasteiger partial charge in [0.05, 0.1) is 18.0 Å². The number of hydrogen-bond donors (Lipinski definition) is 2. The highest BCUT2D eigenvalue weighted by molar-refractivity contribution is 9.10. The monoisotopic (exact) mass is 341 g/mol. The Morgan fingerprint density at radius 2 is 2.30 bits per heavy atom. The molecule has 1 aliphatic heterocycles. The van der Waals surface area contributed by atoms with Crippen molar-refractivity contribution in [2.24, 2.45) is 0 Å². The van der Waals surface area contributed by atoms with E-state index in [9.17, 15) is 4.79 Å². The Kier molecular flexibility index (Phi) is 5.39. The van der Waals surface area contributed by atoms with Crippen LogP contribution in [-0.2, 0) is 9.53 Å². The standard InChI is InChI=1S/C14H20BrN3O2/c1-3-16-11-5-4-10(15)8-12(11)17-14(19)13-9-18(2)6-7-20-13/h4-5,8,13,16H,3,6-7,9H2,1-2H3,(H,17,19). The van der Waals surface area contributed by atoms with E-state index in [0.29, 0.717) is 13.2 Å². The number of amides is 1. The van der Waals surface area contributed by atoms with Crippen molar-refractivity contribution in [2.75, 3.05) is 43.9 Å². The maximum absolute atomic E-state index is 12.3. The van der Waals surface area contributed by atoms with Crippen LogP contribution >= 0.6 is 15.9 Å². The van der Waals surface area contributed by atoms with Gasteiger partial charge in [0.25, 0.3) is 5.91 Å². The van der Waals surface area contributed by atoms with Crippen molar-refractivity contribution in [3.8, 4) is 0 Å². The highest BCUT2D eigenvalue weighted by Crippen LogP contribution is 2.26. The average molecular weight is 342 g/mol. The van der Waals surface area contributed by atoms with Crippen molar-refractivity contribution in [3.05, 3.63) is 22.7 Å². The van der Waals surface area contributed by atoms with Gasteiger partial charge in [-0.25, -0.2) is 0 Å². The van der Waals surface area contributed by atoms with Gasteiger partial charge in [0, 0.05) is 24.1 Å². The molecule has 0 aliphatic carbocycles. The van der Waals surface area contributed by atoms with Crippen LogP contribution in [0.3, 0.4) is 0 Å². The third-order valence-electron chi connectivity index (χ3n) is 3.17. The van der Waals surface area contributed by atoms with Crippen molar-refractivity contribution in [3.63, 3.8) is 0 Å². The molecule has 0 saturated carbocycles. The van der Waals surface area contributed by atoms with Crippen LogP contribution in [0.25, 0.3) is 0 Å². The van der Waals surface area contributed by atoms with Crippen molar-refractivity contribution in [1.82, 2.24) is 4.90 Å². The number of morpholine rings is 1. The second-order valence-electron chi connectivity index (χ2n) is 4.83. The number of nitrogens with zero attached hydrogens (tertiary/aromatic N) is 1. The molecule has 1 fully saturated rings. The summed E-state index contributed by atoms with van der Waals surface area (Å²) >= 11 is 3.42. The lowest BCUT2D eigenvalue weighted by atomic mass is 10.2. The Balaban J connectivity index is 2.08. The maximum Gasteiger partial charge on any atom is 0.254 e. The van der Waals surface area contributed by atoms with Crippen LogP contribution in [0.1, 0.15) is 6.92 Å². The Morgan fingerprint density at radius 3 is 3.00 bits per heavy atom. The number of likely N-dealkylation sites (N-methyl/N-ethyl adjacent to an activating group) is 1. The van der Waals surface area contributed by atoms with Gasteiger partial charge < -0.3 is 20.3 Å². The van der Waals surface area contributed by atoms with E-state index in [-0.39, 0.29) is 5.91 Å². The Hall–Kier alpha value is -1.11. The third-order valence-corrected chi connectivity index (χ3v) is 3.66. The second-order valence-corrected chi connectivity index (χ2v) is 5.75. The third kappa shape index (κ3) is 3.94. The average Bonchev–Trinajstić information content (AvgIpc) is 2.42. The molecule has 5 nitrogen and oxygen atoms in total. The summed E-state index contributed by atoms with van der Waals surface area (Å²) in [5, 5.41) is 6.18. The largest absolute Gasteiger partial charge is 0.384 e. The van der Waals surface area contributed by atoms with Gasteiger partial charge in [0.1, 0.15) is 6.10 Å². The summed E-state index contributed by atoms with van der Waals surface area (Å²) in [6.45, 7) is 4.90. The molecule has 0 radical (unpaired) electrons. The molecule has 1 unspecified atom stereocenters. The predicted octanol–water partition coefficient (Wildman–Crippen LogP) is 2.15. The van der Waals surface area contributed by atoms with Gasteiger partial charge in [-0.15, -0.1) is 0 Å². The molecule has 1 saturated heterocycles. The molecular weight excluding hydrogens is 322 g/mol. The molecule has 110 valence electrons. The molecule has 1 amide bonds. The molecule has 1 heterocycles. The topological polar surface area (TPSA) is 53.6 Å². The van der Waals surface area contributed by atoms with Crippen molar-refractivity contribution in [1.29, 1.82) is 0 Å². The first-order valence-electron chi connectivity index (χ1n) is 6.74. The van der Waals surface area contributed by atoms with E-state index in [1.807, 2.05) is 32.2 Å². The Bertz CT molecular complexity index is 481. The number of ether oxygens (including phenoxy) is 1. The van der Waals surface area contributed by atoms with E-state index in [1.165, 1.54) is 0 Å². The molecule has 6 heteroatoms. The summed E-state index contributed by atoms with van der Waals surface area (Å²) in [5.41, 5.74) is 1.68. The minimum absolute atomic E-state index is 0.103. The van der Waals surface area contributed by atoms with E-state index in [1.54, 1.807) is 0 Å². The Morgan fingerprint density at radius 1 is 1.50 bits per heavy atom. The number of halogens is 1. The van der Waals surface area contributed by atoms with Gasteiger partial charge in [-0.2, -0.15) is 0 Å². The van der Waals surface area contributed by atoms with Crippen molar-refractivity contribution < 1.29 is 9.53 Å². The highest BCUT2D eigenvalue weighted by atomic mass is 79.9. The summed E-state index contributed by atoms with van der Waals surface area (Å²) < 4.78 is 6.45. The maximum atomic E-state index is 12.3. The smallest absolute Gasteiger partial charge is 0.254 e. The van der Waals surface area contributed by atoms with Crippen LogP contribution < -0.4 is 10.6 Å². The molecule has 1 atom stereocenters. The summed E-state index contributed by atoms with van der Waals surface area (Å²) in [6, 6.07) is 5.78. The van der Waals surface area contributed by atoms with Crippen LogP contribution in [0, 0.1) is 0 Å².